The van der Waals surface area contributed by atoms with E-state index < -0.39 is 35.2 Å². The number of ether oxygens (including phenoxy) is 1. The Bertz CT molecular complexity index is 666. The summed E-state index contributed by atoms with van der Waals surface area (Å²) < 4.78 is 5.55. The summed E-state index contributed by atoms with van der Waals surface area (Å²) in [4.78, 5) is 26.4. The van der Waals surface area contributed by atoms with Gasteiger partial charge in [0.1, 0.15) is 11.5 Å². The summed E-state index contributed by atoms with van der Waals surface area (Å²) >= 11 is 6.04. The number of halogens is 1. The molecule has 1 unspecified atom stereocenters. The summed E-state index contributed by atoms with van der Waals surface area (Å²) in [6.07, 6.45) is 0.824. The molecule has 1 heterocycles. The fourth-order valence-electron chi connectivity index (χ4n) is 3.44. The number of benzene rings is 1. The number of carboxylic acid groups (broad SMARTS) is 1. The van der Waals surface area contributed by atoms with Gasteiger partial charge in [0.05, 0.1) is 6.04 Å². The van der Waals surface area contributed by atoms with E-state index in [4.69, 9.17) is 16.3 Å². The molecular formula is C19H26ClNO4. The molecule has 1 aromatic rings. The number of hydrogen-bond donors (Lipinski definition) is 1. The van der Waals surface area contributed by atoms with Crippen LogP contribution in [0.2, 0.25) is 5.02 Å². The second-order valence-corrected chi connectivity index (χ2v) is 8.58. The molecule has 0 bridgehead atoms. The summed E-state index contributed by atoms with van der Waals surface area (Å²) in [5.74, 6) is -1.83. The van der Waals surface area contributed by atoms with E-state index in [9.17, 15) is 14.7 Å². The summed E-state index contributed by atoms with van der Waals surface area (Å²) in [6.45, 7) is 9.28. The number of carbonyl (C=O) groups excluding carboxylic acids is 1. The van der Waals surface area contributed by atoms with Crippen LogP contribution in [0.4, 0.5) is 4.79 Å². The van der Waals surface area contributed by atoms with E-state index in [2.05, 4.69) is 0 Å². The van der Waals surface area contributed by atoms with Crippen LogP contribution in [0.1, 0.15) is 58.9 Å². The Hall–Kier alpha value is -1.75. The van der Waals surface area contributed by atoms with Crippen molar-refractivity contribution in [3.8, 4) is 0 Å². The molecule has 1 aliphatic heterocycles. The molecule has 1 amide bonds. The van der Waals surface area contributed by atoms with E-state index in [0.29, 0.717) is 23.4 Å². The number of likely N-dealkylation sites (tertiary alicyclic amines) is 1. The molecule has 0 saturated carbocycles. The molecule has 25 heavy (non-hydrogen) atoms. The molecule has 2 atom stereocenters. The van der Waals surface area contributed by atoms with E-state index >= 15 is 0 Å². The molecule has 1 aliphatic rings. The lowest BCUT2D eigenvalue weighted by Crippen LogP contribution is -2.51. The lowest BCUT2D eigenvalue weighted by molar-refractivity contribution is -0.140. The lowest BCUT2D eigenvalue weighted by atomic mass is 9.90. The van der Waals surface area contributed by atoms with Crippen molar-refractivity contribution in [2.75, 3.05) is 0 Å². The van der Waals surface area contributed by atoms with Crippen LogP contribution in [-0.4, -0.2) is 39.3 Å². The Kier molecular flexibility index (Phi) is 5.38. The molecule has 1 saturated heterocycles. The number of carbonyl (C=O) groups is 2. The number of hydrogen-bond acceptors (Lipinski definition) is 3. The molecule has 5 nitrogen and oxygen atoms in total. The Morgan fingerprint density at radius 2 is 2.00 bits per heavy atom. The summed E-state index contributed by atoms with van der Waals surface area (Å²) in [6, 6.07) is 6.34. The van der Waals surface area contributed by atoms with E-state index in [0.717, 1.165) is 0 Å². The van der Waals surface area contributed by atoms with Crippen LogP contribution in [0.25, 0.3) is 0 Å². The fraction of sp³-hybridized carbons (Fsp3) is 0.579. The van der Waals surface area contributed by atoms with Gasteiger partial charge >= 0.3 is 12.1 Å². The van der Waals surface area contributed by atoms with E-state index in [-0.39, 0.29) is 0 Å². The van der Waals surface area contributed by atoms with Gasteiger partial charge in [0.25, 0.3) is 0 Å². The maximum absolute atomic E-state index is 12.8. The lowest BCUT2D eigenvalue weighted by Gasteiger charge is -2.39. The summed E-state index contributed by atoms with van der Waals surface area (Å²) in [7, 11) is 0. The normalized spacial score (nSPS) is 21.0. The number of amides is 1. The highest BCUT2D eigenvalue weighted by molar-refractivity contribution is 6.30. The van der Waals surface area contributed by atoms with Gasteiger partial charge in [-0.25, -0.2) is 4.79 Å². The number of rotatable bonds is 3. The molecular weight excluding hydrogens is 342 g/mol. The van der Waals surface area contributed by atoms with Gasteiger partial charge in [-0.05, 0) is 65.2 Å². The SMILES string of the molecule is CC(C)(C)OC(=O)N1C([C@@H](C(=O)O)c2cccc(Cl)c2)CCC1(C)C. The smallest absolute Gasteiger partial charge is 0.411 e. The molecule has 1 fully saturated rings. The Morgan fingerprint density at radius 3 is 2.52 bits per heavy atom. The number of carboxylic acids is 1. The van der Waals surface area contributed by atoms with Gasteiger partial charge in [-0.15, -0.1) is 0 Å². The average Bonchev–Trinajstić information content (AvgIpc) is 2.72. The number of nitrogens with zero attached hydrogens (tertiary/aromatic N) is 1. The van der Waals surface area contributed by atoms with Crippen molar-refractivity contribution in [1.29, 1.82) is 0 Å². The first-order valence-corrected chi connectivity index (χ1v) is 8.81. The zero-order valence-corrected chi connectivity index (χ0v) is 16.1. The molecule has 0 aliphatic carbocycles. The second kappa shape index (κ2) is 6.87. The van der Waals surface area contributed by atoms with Crippen LogP contribution < -0.4 is 0 Å². The minimum Gasteiger partial charge on any atom is -0.481 e. The van der Waals surface area contributed by atoms with Gasteiger partial charge in [0.2, 0.25) is 0 Å². The Labute approximate surface area is 153 Å². The Balaban J connectivity index is 2.42. The van der Waals surface area contributed by atoms with E-state index in [1.54, 1.807) is 49.9 Å². The van der Waals surface area contributed by atoms with Crippen LogP contribution in [0.5, 0.6) is 0 Å². The van der Waals surface area contributed by atoms with Crippen LogP contribution in [0.3, 0.4) is 0 Å². The standard InChI is InChI=1S/C19H26ClNO4/c1-18(2,3)25-17(24)21-14(9-10-19(21,4)5)15(16(22)23)12-7-6-8-13(20)11-12/h6-8,11,14-15H,9-10H2,1-5H3,(H,22,23)/t14?,15-/m0/s1. The van der Waals surface area contributed by atoms with Crippen molar-refractivity contribution in [3.63, 3.8) is 0 Å². The van der Waals surface area contributed by atoms with Crippen LogP contribution >= 0.6 is 11.6 Å². The van der Waals surface area contributed by atoms with Crippen molar-refractivity contribution in [3.05, 3.63) is 34.9 Å². The van der Waals surface area contributed by atoms with Crippen LogP contribution in [0.15, 0.2) is 24.3 Å². The minimum absolute atomic E-state index is 0.473. The summed E-state index contributed by atoms with van der Waals surface area (Å²) in [5, 5.41) is 10.3. The highest BCUT2D eigenvalue weighted by Gasteiger charge is 2.49. The third-order valence-electron chi connectivity index (χ3n) is 4.48. The van der Waals surface area contributed by atoms with Crippen molar-refractivity contribution < 1.29 is 19.4 Å². The fourth-order valence-corrected chi connectivity index (χ4v) is 3.64. The molecule has 0 radical (unpaired) electrons. The van der Waals surface area contributed by atoms with Crippen LogP contribution in [0, 0.1) is 0 Å². The first kappa shape index (κ1) is 19.6. The maximum atomic E-state index is 12.8. The summed E-state index contributed by atoms with van der Waals surface area (Å²) in [5.41, 5.74) is -0.523. The minimum atomic E-state index is -0.974. The van der Waals surface area contributed by atoms with Gasteiger partial charge in [-0.1, -0.05) is 23.7 Å². The third-order valence-corrected chi connectivity index (χ3v) is 4.72. The molecule has 1 aromatic carbocycles. The zero-order chi connectivity index (χ0) is 19.0. The largest absolute Gasteiger partial charge is 0.481 e. The first-order valence-electron chi connectivity index (χ1n) is 8.43. The van der Waals surface area contributed by atoms with Crippen molar-refractivity contribution >= 4 is 23.7 Å². The third kappa shape index (κ3) is 4.46. The van der Waals surface area contributed by atoms with Gasteiger partial charge in [-0.2, -0.15) is 0 Å². The highest BCUT2D eigenvalue weighted by atomic mass is 35.5. The topological polar surface area (TPSA) is 66.8 Å². The van der Waals surface area contributed by atoms with E-state index in [1.807, 2.05) is 13.8 Å². The van der Waals surface area contributed by atoms with Crippen LogP contribution in [-0.2, 0) is 9.53 Å². The maximum Gasteiger partial charge on any atom is 0.411 e. The Morgan fingerprint density at radius 1 is 1.36 bits per heavy atom. The van der Waals surface area contributed by atoms with Gasteiger partial charge < -0.3 is 9.84 Å². The van der Waals surface area contributed by atoms with Gasteiger partial charge in [0, 0.05) is 10.6 Å². The van der Waals surface area contributed by atoms with Crippen molar-refractivity contribution in [2.24, 2.45) is 0 Å². The van der Waals surface area contributed by atoms with Crippen molar-refractivity contribution in [2.45, 2.75) is 70.6 Å². The molecule has 1 N–H and O–H groups in total. The van der Waals surface area contributed by atoms with Gasteiger partial charge in [-0.3, -0.25) is 9.69 Å². The second-order valence-electron chi connectivity index (χ2n) is 8.14. The average molecular weight is 368 g/mol. The monoisotopic (exact) mass is 367 g/mol. The highest BCUT2D eigenvalue weighted by Crippen LogP contribution is 2.41. The molecule has 0 spiro atoms. The predicted molar refractivity (Wildman–Crippen MR) is 97.0 cm³/mol. The molecule has 6 heteroatoms. The molecule has 2 rings (SSSR count). The quantitative estimate of drug-likeness (QED) is 0.841. The van der Waals surface area contributed by atoms with E-state index in [1.165, 1.54) is 0 Å². The van der Waals surface area contributed by atoms with Crippen molar-refractivity contribution in [1.82, 2.24) is 4.90 Å². The zero-order valence-electron chi connectivity index (χ0n) is 15.4. The molecule has 0 aromatic heterocycles. The predicted octanol–water partition coefficient (Wildman–Crippen LogP) is 4.69. The first-order chi connectivity index (χ1) is 11.4. The molecule has 138 valence electrons. The number of aliphatic carboxylic acids is 1. The van der Waals surface area contributed by atoms with Gasteiger partial charge in [0.15, 0.2) is 0 Å².